The van der Waals surface area contributed by atoms with Crippen molar-refractivity contribution in [3.05, 3.63) is 30.1 Å². The third kappa shape index (κ3) is 5.02. The summed E-state index contributed by atoms with van der Waals surface area (Å²) in [5, 5.41) is 0. The second-order valence-corrected chi connectivity index (χ2v) is 4.48. The molecule has 0 aliphatic heterocycles. The van der Waals surface area contributed by atoms with Gasteiger partial charge in [0.15, 0.2) is 0 Å². The molecule has 0 radical (unpaired) electrons. The smallest absolute Gasteiger partial charge is 0.222 e. The van der Waals surface area contributed by atoms with Gasteiger partial charge in [-0.1, -0.05) is 0 Å². The van der Waals surface area contributed by atoms with E-state index in [9.17, 15) is 4.79 Å². The summed E-state index contributed by atoms with van der Waals surface area (Å²) in [5.74, 6) is 0.131. The Morgan fingerprint density at radius 1 is 1.39 bits per heavy atom. The molecule has 1 aromatic rings. The molecule has 0 saturated heterocycles. The number of nitrogens with two attached hydrogens (primary N) is 1. The second kappa shape index (κ2) is 8.06. The summed E-state index contributed by atoms with van der Waals surface area (Å²) in [4.78, 5) is 17.7. The molecule has 18 heavy (non-hydrogen) atoms. The number of aromatic nitrogens is 1. The highest BCUT2D eigenvalue weighted by Crippen LogP contribution is 2.18. The molecule has 102 valence electrons. The average molecular weight is 272 g/mol. The molecule has 4 nitrogen and oxygen atoms in total. The topological polar surface area (TPSA) is 59.2 Å². The Balaban J connectivity index is 0.00000289. The fourth-order valence-corrected chi connectivity index (χ4v) is 1.61. The Morgan fingerprint density at radius 2 is 1.94 bits per heavy atom. The number of halogens is 1. The zero-order valence-corrected chi connectivity index (χ0v) is 12.0. The molecule has 1 rings (SSSR count). The van der Waals surface area contributed by atoms with Crippen LogP contribution in [-0.4, -0.2) is 28.9 Å². The van der Waals surface area contributed by atoms with Crippen molar-refractivity contribution in [3.8, 4) is 0 Å². The number of pyridine rings is 1. The van der Waals surface area contributed by atoms with Gasteiger partial charge in [0.1, 0.15) is 0 Å². The van der Waals surface area contributed by atoms with Gasteiger partial charge in [-0.15, -0.1) is 12.4 Å². The fraction of sp³-hybridized carbons (Fsp3) is 0.538. The van der Waals surface area contributed by atoms with Gasteiger partial charge < -0.3 is 10.6 Å². The Morgan fingerprint density at radius 3 is 2.44 bits per heavy atom. The predicted octanol–water partition coefficient (Wildman–Crippen LogP) is 2.15. The van der Waals surface area contributed by atoms with E-state index in [1.807, 2.05) is 33.0 Å². The molecule has 2 unspecified atom stereocenters. The Bertz CT molecular complexity index is 357. The van der Waals surface area contributed by atoms with Crippen LogP contribution in [0, 0.1) is 0 Å². The van der Waals surface area contributed by atoms with E-state index in [4.69, 9.17) is 5.73 Å². The number of carbonyl (C=O) groups excluding carboxylic acids is 1. The van der Waals surface area contributed by atoms with Gasteiger partial charge in [-0.05, 0) is 38.0 Å². The lowest BCUT2D eigenvalue weighted by molar-refractivity contribution is -0.132. The molecule has 0 saturated carbocycles. The summed E-state index contributed by atoms with van der Waals surface area (Å²) in [7, 11) is 1.83. The first-order valence-corrected chi connectivity index (χ1v) is 5.93. The maximum atomic E-state index is 11.9. The quantitative estimate of drug-likeness (QED) is 0.893. The van der Waals surface area contributed by atoms with Gasteiger partial charge in [-0.25, -0.2) is 0 Å². The minimum absolute atomic E-state index is 0. The Labute approximate surface area is 115 Å². The normalized spacial score (nSPS) is 13.3. The number of hydrogen-bond acceptors (Lipinski definition) is 3. The van der Waals surface area contributed by atoms with Gasteiger partial charge in [0.2, 0.25) is 5.91 Å². The van der Waals surface area contributed by atoms with Crippen LogP contribution in [0.25, 0.3) is 0 Å². The van der Waals surface area contributed by atoms with Crippen LogP contribution in [0.3, 0.4) is 0 Å². The molecule has 2 atom stereocenters. The van der Waals surface area contributed by atoms with E-state index in [0.717, 1.165) is 12.0 Å². The number of nitrogens with zero attached hydrogens (tertiary/aromatic N) is 2. The van der Waals surface area contributed by atoms with Crippen molar-refractivity contribution in [1.29, 1.82) is 0 Å². The standard InChI is InChI=1S/C13H21N3O.ClH/c1-10(14)4-5-13(17)16(3)11(2)12-6-8-15-9-7-12;/h6-11H,4-5,14H2,1-3H3;1H. The zero-order chi connectivity index (χ0) is 12.8. The van der Waals surface area contributed by atoms with Gasteiger partial charge in [0, 0.05) is 31.9 Å². The molecule has 1 heterocycles. The second-order valence-electron chi connectivity index (χ2n) is 4.48. The number of hydrogen-bond donors (Lipinski definition) is 1. The van der Waals surface area contributed by atoms with Crippen LogP contribution in [-0.2, 0) is 4.79 Å². The lowest BCUT2D eigenvalue weighted by atomic mass is 10.1. The minimum atomic E-state index is 0. The van der Waals surface area contributed by atoms with Crippen LogP contribution < -0.4 is 5.73 Å². The molecule has 5 heteroatoms. The van der Waals surface area contributed by atoms with E-state index in [1.54, 1.807) is 17.3 Å². The number of amides is 1. The van der Waals surface area contributed by atoms with Crippen LogP contribution >= 0.6 is 12.4 Å². The Kier molecular flexibility index (Phi) is 7.55. The van der Waals surface area contributed by atoms with E-state index in [1.165, 1.54) is 0 Å². The highest BCUT2D eigenvalue weighted by Gasteiger charge is 2.17. The van der Waals surface area contributed by atoms with Crippen molar-refractivity contribution in [2.24, 2.45) is 5.73 Å². The molecule has 2 N–H and O–H groups in total. The lowest BCUT2D eigenvalue weighted by Gasteiger charge is -2.25. The van der Waals surface area contributed by atoms with Gasteiger partial charge in [0.25, 0.3) is 0 Å². The molecule has 0 fully saturated rings. The summed E-state index contributed by atoms with van der Waals surface area (Å²) in [6.45, 7) is 3.93. The first kappa shape index (κ1) is 16.9. The lowest BCUT2D eigenvalue weighted by Crippen LogP contribution is -2.30. The molecular formula is C13H22ClN3O. The van der Waals surface area contributed by atoms with Crippen molar-refractivity contribution in [1.82, 2.24) is 9.88 Å². The highest BCUT2D eigenvalue weighted by atomic mass is 35.5. The van der Waals surface area contributed by atoms with Crippen LogP contribution in [0.1, 0.15) is 38.3 Å². The molecular weight excluding hydrogens is 250 g/mol. The fourth-order valence-electron chi connectivity index (χ4n) is 1.61. The summed E-state index contributed by atoms with van der Waals surface area (Å²) in [6, 6.07) is 4.00. The van der Waals surface area contributed by atoms with E-state index in [0.29, 0.717) is 6.42 Å². The summed E-state index contributed by atoms with van der Waals surface area (Å²) < 4.78 is 0. The number of carbonyl (C=O) groups is 1. The first-order chi connectivity index (χ1) is 8.02. The first-order valence-electron chi connectivity index (χ1n) is 5.93. The van der Waals surface area contributed by atoms with Crippen molar-refractivity contribution in [3.63, 3.8) is 0 Å². The number of rotatable bonds is 5. The van der Waals surface area contributed by atoms with Crippen molar-refractivity contribution in [2.75, 3.05) is 7.05 Å². The van der Waals surface area contributed by atoms with Gasteiger partial charge in [0.05, 0.1) is 6.04 Å². The van der Waals surface area contributed by atoms with E-state index < -0.39 is 0 Å². The van der Waals surface area contributed by atoms with E-state index >= 15 is 0 Å². The SMILES string of the molecule is CC(N)CCC(=O)N(C)C(C)c1ccncc1.Cl. The van der Waals surface area contributed by atoms with E-state index in [2.05, 4.69) is 4.98 Å². The summed E-state index contributed by atoms with van der Waals surface area (Å²) >= 11 is 0. The van der Waals surface area contributed by atoms with Crippen LogP contribution in [0.4, 0.5) is 0 Å². The van der Waals surface area contributed by atoms with Crippen molar-refractivity contribution < 1.29 is 4.79 Å². The molecule has 1 amide bonds. The van der Waals surface area contributed by atoms with Crippen molar-refractivity contribution >= 4 is 18.3 Å². The average Bonchev–Trinajstić information content (AvgIpc) is 2.35. The Hall–Kier alpha value is -1.13. The van der Waals surface area contributed by atoms with Gasteiger partial charge in [-0.2, -0.15) is 0 Å². The third-order valence-corrected chi connectivity index (χ3v) is 2.98. The summed E-state index contributed by atoms with van der Waals surface area (Å²) in [5.41, 5.74) is 6.74. The van der Waals surface area contributed by atoms with Crippen LogP contribution in [0.5, 0.6) is 0 Å². The van der Waals surface area contributed by atoms with Gasteiger partial charge >= 0.3 is 0 Å². The molecule has 0 aliphatic rings. The predicted molar refractivity (Wildman–Crippen MR) is 75.6 cm³/mol. The maximum Gasteiger partial charge on any atom is 0.222 e. The molecule has 0 spiro atoms. The molecule has 0 bridgehead atoms. The highest BCUT2D eigenvalue weighted by molar-refractivity contribution is 5.85. The van der Waals surface area contributed by atoms with Gasteiger partial charge in [-0.3, -0.25) is 9.78 Å². The van der Waals surface area contributed by atoms with Crippen molar-refractivity contribution in [2.45, 2.75) is 38.8 Å². The molecule has 0 aromatic carbocycles. The molecule has 1 aromatic heterocycles. The minimum Gasteiger partial charge on any atom is -0.339 e. The zero-order valence-electron chi connectivity index (χ0n) is 11.2. The maximum absolute atomic E-state index is 11.9. The van der Waals surface area contributed by atoms with Crippen LogP contribution in [0.15, 0.2) is 24.5 Å². The summed E-state index contributed by atoms with van der Waals surface area (Å²) in [6.07, 6.45) is 4.72. The molecule has 0 aliphatic carbocycles. The monoisotopic (exact) mass is 271 g/mol. The largest absolute Gasteiger partial charge is 0.339 e. The van der Waals surface area contributed by atoms with Crippen LogP contribution in [0.2, 0.25) is 0 Å². The third-order valence-electron chi connectivity index (χ3n) is 2.98. The van der Waals surface area contributed by atoms with E-state index in [-0.39, 0.29) is 30.4 Å².